The van der Waals surface area contributed by atoms with E-state index in [4.69, 9.17) is 4.52 Å². The van der Waals surface area contributed by atoms with Crippen LogP contribution in [0.25, 0.3) is 0 Å². The van der Waals surface area contributed by atoms with Crippen molar-refractivity contribution in [3.8, 4) is 0 Å². The average Bonchev–Trinajstić information content (AvgIpc) is 2.86. The van der Waals surface area contributed by atoms with Crippen LogP contribution in [0.3, 0.4) is 0 Å². The van der Waals surface area contributed by atoms with Gasteiger partial charge in [0.1, 0.15) is 0 Å². The van der Waals surface area contributed by atoms with Crippen molar-refractivity contribution in [2.45, 2.75) is 26.3 Å². The van der Waals surface area contributed by atoms with Crippen LogP contribution in [0.5, 0.6) is 0 Å². The summed E-state index contributed by atoms with van der Waals surface area (Å²) in [6.45, 7) is 3.76. The smallest absolute Gasteiger partial charge is 0.290 e. The maximum atomic E-state index is 12.0. The molecule has 0 aliphatic carbocycles. The zero-order valence-electron chi connectivity index (χ0n) is 12.9. The third-order valence-electron chi connectivity index (χ3n) is 3.22. The van der Waals surface area contributed by atoms with E-state index in [1.807, 2.05) is 21.0 Å². The molecule has 0 bridgehead atoms. The van der Waals surface area contributed by atoms with Crippen molar-refractivity contribution in [3.05, 3.63) is 47.3 Å². The van der Waals surface area contributed by atoms with Crippen LogP contribution in [0.15, 0.2) is 34.9 Å². The van der Waals surface area contributed by atoms with E-state index >= 15 is 0 Å². The number of rotatable bonds is 5. The molecule has 0 radical (unpaired) electrons. The highest BCUT2D eigenvalue weighted by molar-refractivity contribution is 5.91. The zero-order valence-corrected chi connectivity index (χ0v) is 12.9. The largest absolute Gasteiger partial charge is 0.378 e. The van der Waals surface area contributed by atoms with Gasteiger partial charge in [0.25, 0.3) is 5.91 Å². The molecule has 0 spiro atoms. The van der Waals surface area contributed by atoms with E-state index in [1.165, 1.54) is 5.56 Å². The van der Waals surface area contributed by atoms with Gasteiger partial charge in [0.15, 0.2) is 0 Å². The lowest BCUT2D eigenvalue weighted by atomic mass is 10.1. The molecule has 0 saturated carbocycles. The Balaban J connectivity index is 1.92. The quantitative estimate of drug-likeness (QED) is 0.917. The molecule has 5 nitrogen and oxygen atoms in total. The van der Waals surface area contributed by atoms with Gasteiger partial charge >= 0.3 is 0 Å². The number of amides is 1. The monoisotopic (exact) mass is 287 g/mol. The molecule has 5 heteroatoms. The third kappa shape index (κ3) is 4.08. The fourth-order valence-electron chi connectivity index (χ4n) is 2.10. The standard InChI is InChI=1S/C16H21N3O2/c1-11(17-16(20)15-10-12(2)18-21-15)9-13-5-7-14(8-6-13)19(3)4/h5-8,10-11H,9H2,1-4H3,(H,17,20)/t11-/m1/s1. The highest BCUT2D eigenvalue weighted by Gasteiger charge is 2.14. The Labute approximate surface area is 124 Å². The second kappa shape index (κ2) is 6.43. The molecule has 0 unspecified atom stereocenters. The number of hydrogen-bond acceptors (Lipinski definition) is 4. The summed E-state index contributed by atoms with van der Waals surface area (Å²) in [7, 11) is 4.02. The number of hydrogen-bond donors (Lipinski definition) is 1. The Morgan fingerprint density at radius 3 is 2.52 bits per heavy atom. The first kappa shape index (κ1) is 15.1. The van der Waals surface area contributed by atoms with Crippen LogP contribution in [0.2, 0.25) is 0 Å². The molecule has 1 aromatic heterocycles. The Morgan fingerprint density at radius 1 is 1.33 bits per heavy atom. The Hall–Kier alpha value is -2.30. The van der Waals surface area contributed by atoms with Crippen molar-refractivity contribution in [1.82, 2.24) is 10.5 Å². The van der Waals surface area contributed by atoms with E-state index in [1.54, 1.807) is 13.0 Å². The molecular formula is C16H21N3O2. The predicted molar refractivity (Wildman–Crippen MR) is 82.6 cm³/mol. The highest BCUT2D eigenvalue weighted by atomic mass is 16.5. The number of benzene rings is 1. The van der Waals surface area contributed by atoms with Gasteiger partial charge in [-0.05, 0) is 38.0 Å². The van der Waals surface area contributed by atoms with Crippen LogP contribution in [0, 0.1) is 6.92 Å². The van der Waals surface area contributed by atoms with Crippen molar-refractivity contribution in [2.75, 3.05) is 19.0 Å². The number of carbonyl (C=O) groups excluding carboxylic acids is 1. The summed E-state index contributed by atoms with van der Waals surface area (Å²) in [6.07, 6.45) is 0.770. The molecule has 1 amide bonds. The SMILES string of the molecule is Cc1cc(C(=O)N[C@H](C)Cc2ccc(N(C)C)cc2)on1. The normalized spacial score (nSPS) is 12.0. The van der Waals surface area contributed by atoms with Crippen LogP contribution in [-0.4, -0.2) is 31.2 Å². The molecule has 2 rings (SSSR count). The highest BCUT2D eigenvalue weighted by Crippen LogP contribution is 2.13. The van der Waals surface area contributed by atoms with Crippen LogP contribution in [0.4, 0.5) is 5.69 Å². The van der Waals surface area contributed by atoms with Gasteiger partial charge in [-0.3, -0.25) is 4.79 Å². The molecule has 0 fully saturated rings. The van der Waals surface area contributed by atoms with Crippen LogP contribution < -0.4 is 10.2 Å². The molecule has 1 aromatic carbocycles. The maximum absolute atomic E-state index is 12.0. The second-order valence-electron chi connectivity index (χ2n) is 5.47. The minimum absolute atomic E-state index is 0.0214. The maximum Gasteiger partial charge on any atom is 0.290 e. The molecule has 1 N–H and O–H groups in total. The minimum Gasteiger partial charge on any atom is -0.378 e. The molecule has 0 saturated heterocycles. The number of aryl methyl sites for hydroxylation is 1. The summed E-state index contributed by atoms with van der Waals surface area (Å²) >= 11 is 0. The molecule has 112 valence electrons. The second-order valence-corrected chi connectivity index (χ2v) is 5.47. The van der Waals surface area contributed by atoms with E-state index in [2.05, 4.69) is 39.6 Å². The minimum atomic E-state index is -0.229. The average molecular weight is 287 g/mol. The molecule has 2 aromatic rings. The molecule has 21 heavy (non-hydrogen) atoms. The summed E-state index contributed by atoms with van der Waals surface area (Å²) in [4.78, 5) is 14.0. The van der Waals surface area contributed by atoms with E-state index in [-0.39, 0.29) is 17.7 Å². The lowest BCUT2D eigenvalue weighted by molar-refractivity contribution is 0.0903. The van der Waals surface area contributed by atoms with Crippen LogP contribution in [-0.2, 0) is 6.42 Å². The Kier molecular flexibility index (Phi) is 4.62. The van der Waals surface area contributed by atoms with Crippen LogP contribution >= 0.6 is 0 Å². The third-order valence-corrected chi connectivity index (χ3v) is 3.22. The van der Waals surface area contributed by atoms with E-state index in [0.717, 1.165) is 12.1 Å². The number of nitrogens with one attached hydrogen (secondary N) is 1. The van der Waals surface area contributed by atoms with Gasteiger partial charge in [-0.2, -0.15) is 0 Å². The van der Waals surface area contributed by atoms with Gasteiger partial charge in [-0.25, -0.2) is 0 Å². The zero-order chi connectivity index (χ0) is 15.4. The van der Waals surface area contributed by atoms with E-state index in [0.29, 0.717) is 5.69 Å². The summed E-state index contributed by atoms with van der Waals surface area (Å²) < 4.78 is 4.95. The molecule has 0 aliphatic heterocycles. The number of anilines is 1. The summed E-state index contributed by atoms with van der Waals surface area (Å²) in [5.41, 5.74) is 3.04. The summed E-state index contributed by atoms with van der Waals surface area (Å²) in [5.74, 6) is 0.0234. The van der Waals surface area contributed by atoms with Gasteiger partial charge < -0.3 is 14.7 Å². The van der Waals surface area contributed by atoms with Crippen LogP contribution in [0.1, 0.15) is 28.7 Å². The molecule has 0 aliphatic rings. The fraction of sp³-hybridized carbons (Fsp3) is 0.375. The number of carbonyl (C=O) groups is 1. The first-order chi connectivity index (χ1) is 9.95. The van der Waals surface area contributed by atoms with Crippen molar-refractivity contribution in [2.24, 2.45) is 0 Å². The first-order valence-electron chi connectivity index (χ1n) is 6.96. The van der Waals surface area contributed by atoms with Crippen molar-refractivity contribution in [1.29, 1.82) is 0 Å². The first-order valence-corrected chi connectivity index (χ1v) is 6.96. The van der Waals surface area contributed by atoms with Gasteiger partial charge in [-0.15, -0.1) is 0 Å². The Morgan fingerprint density at radius 2 is 2.00 bits per heavy atom. The lowest BCUT2D eigenvalue weighted by Crippen LogP contribution is -2.33. The summed E-state index contributed by atoms with van der Waals surface area (Å²) in [5, 5.41) is 6.63. The predicted octanol–water partition coefficient (Wildman–Crippen LogP) is 2.41. The topological polar surface area (TPSA) is 58.4 Å². The molecule has 1 atom stereocenters. The molecular weight excluding hydrogens is 266 g/mol. The summed E-state index contributed by atoms with van der Waals surface area (Å²) in [6, 6.07) is 9.96. The Bertz CT molecular complexity index is 602. The van der Waals surface area contributed by atoms with Gasteiger partial charge in [0, 0.05) is 31.9 Å². The lowest BCUT2D eigenvalue weighted by Gasteiger charge is -2.15. The van der Waals surface area contributed by atoms with Crippen molar-refractivity contribution < 1.29 is 9.32 Å². The van der Waals surface area contributed by atoms with Gasteiger partial charge in [-0.1, -0.05) is 17.3 Å². The fourth-order valence-corrected chi connectivity index (χ4v) is 2.10. The number of nitrogens with zero attached hydrogens (tertiary/aromatic N) is 2. The molecule has 1 heterocycles. The van der Waals surface area contributed by atoms with Crippen molar-refractivity contribution >= 4 is 11.6 Å². The van der Waals surface area contributed by atoms with Gasteiger partial charge in [0.2, 0.25) is 5.76 Å². The van der Waals surface area contributed by atoms with Crippen molar-refractivity contribution in [3.63, 3.8) is 0 Å². The number of aromatic nitrogens is 1. The van der Waals surface area contributed by atoms with Gasteiger partial charge in [0.05, 0.1) is 5.69 Å². The van der Waals surface area contributed by atoms with E-state index in [9.17, 15) is 4.79 Å². The van der Waals surface area contributed by atoms with E-state index < -0.39 is 0 Å².